The molecule has 7 rings (SSSR count). The van der Waals surface area contributed by atoms with Gasteiger partial charge in [-0.25, -0.2) is 22.8 Å². The van der Waals surface area contributed by atoms with Crippen LogP contribution in [0.2, 0.25) is 5.02 Å². The smallest absolute Gasteiger partial charge is 0.240 e. The fourth-order valence-electron chi connectivity index (χ4n) is 7.82. The maximum Gasteiger partial charge on any atom is 0.240 e. The van der Waals surface area contributed by atoms with Gasteiger partial charge in [0.2, 0.25) is 27.7 Å². The number of rotatable bonds is 15. The molecule has 2 amide bonds. The Morgan fingerprint density at radius 3 is 2.53 bits per heavy atom. The Morgan fingerprint density at radius 1 is 1.14 bits per heavy atom. The Balaban J connectivity index is 1.19. The van der Waals surface area contributed by atoms with Crippen LogP contribution in [-0.4, -0.2) is 79.0 Å². The summed E-state index contributed by atoms with van der Waals surface area (Å²) in [4.78, 5) is 53.9. The van der Waals surface area contributed by atoms with Gasteiger partial charge in [0.15, 0.2) is 5.78 Å². The highest BCUT2D eigenvalue weighted by Gasteiger charge is 2.61. The Morgan fingerprint density at radius 2 is 1.90 bits per heavy atom. The lowest BCUT2D eigenvalue weighted by Gasteiger charge is -2.35. The number of nitrogens with one attached hydrogen (secondary N) is 1. The number of halogens is 2. The molecule has 308 valence electrons. The van der Waals surface area contributed by atoms with Crippen LogP contribution >= 0.6 is 22.9 Å². The molecular formula is C42H46ClFN4O8S2. The molecule has 0 spiro atoms. The van der Waals surface area contributed by atoms with E-state index in [-0.39, 0.29) is 44.0 Å². The van der Waals surface area contributed by atoms with Gasteiger partial charge in [-0.1, -0.05) is 38.4 Å². The van der Waals surface area contributed by atoms with Crippen LogP contribution in [0.1, 0.15) is 57.9 Å². The third-order valence-electron chi connectivity index (χ3n) is 11.5. The quantitative estimate of drug-likeness (QED) is 0.122. The molecule has 58 heavy (non-hydrogen) atoms. The van der Waals surface area contributed by atoms with Crippen molar-refractivity contribution >= 4 is 61.3 Å². The van der Waals surface area contributed by atoms with Gasteiger partial charge in [-0.05, 0) is 60.9 Å². The molecule has 5 atom stereocenters. The molecule has 1 aliphatic heterocycles. The van der Waals surface area contributed by atoms with Gasteiger partial charge >= 0.3 is 0 Å². The van der Waals surface area contributed by atoms with Crippen molar-refractivity contribution in [2.45, 2.75) is 76.7 Å². The number of sulfonamides is 1. The van der Waals surface area contributed by atoms with Gasteiger partial charge in [0.1, 0.15) is 23.4 Å². The zero-order valence-corrected chi connectivity index (χ0v) is 35.3. The van der Waals surface area contributed by atoms with Crippen LogP contribution in [0.3, 0.4) is 0 Å². The van der Waals surface area contributed by atoms with Crippen LogP contribution in [-0.2, 0) is 30.8 Å². The number of ketones is 1. The van der Waals surface area contributed by atoms with Crippen molar-refractivity contribution in [3.63, 3.8) is 0 Å². The summed E-state index contributed by atoms with van der Waals surface area (Å²) >= 11 is 7.69. The normalized spacial score (nSPS) is 22.3. The minimum Gasteiger partial charge on any atom is -0.497 e. The molecule has 3 heterocycles. The predicted molar refractivity (Wildman–Crippen MR) is 219 cm³/mol. The third kappa shape index (κ3) is 8.30. The van der Waals surface area contributed by atoms with Crippen LogP contribution in [0.4, 0.5) is 4.39 Å². The lowest BCUT2D eigenvalue weighted by molar-refractivity contribution is -0.144. The summed E-state index contributed by atoms with van der Waals surface area (Å²) in [5, 5.41) is 3.47. The number of hydrogen-bond acceptors (Lipinski definition) is 11. The first-order valence-electron chi connectivity index (χ1n) is 19.1. The van der Waals surface area contributed by atoms with Gasteiger partial charge < -0.3 is 19.1 Å². The number of aromatic nitrogens is 2. The molecular weight excluding hydrogens is 807 g/mol. The highest BCUT2D eigenvalue weighted by Crippen LogP contribution is 2.57. The van der Waals surface area contributed by atoms with Crippen LogP contribution in [0.5, 0.6) is 17.4 Å². The molecule has 0 bridgehead atoms. The van der Waals surface area contributed by atoms with Gasteiger partial charge in [0.05, 0.1) is 54.4 Å². The van der Waals surface area contributed by atoms with E-state index in [4.69, 9.17) is 30.8 Å². The first kappa shape index (κ1) is 41.6. The number of carbonyl (C=O) groups excluding carboxylic acids is 3. The Hall–Kier alpha value is -4.60. The summed E-state index contributed by atoms with van der Waals surface area (Å²) in [5.74, 6) is -1.89. The van der Waals surface area contributed by atoms with E-state index in [1.807, 2.05) is 20.8 Å². The van der Waals surface area contributed by atoms with E-state index in [9.17, 15) is 22.8 Å². The SMILES string of the molecule is C=C[C@@H]1C[C@]1(CC(=O)[C@@H]1C[C@@H](Oc2ncc(OC)c3ccc(Cl)cc23)CN1C(=O)[C@@H](Cc1nc(-c2ccc(OC)cc2F)cs1)C(C)(C)C)C(=O)NS(=O)(=O)C1CC1. The number of hydrogen-bond donors (Lipinski definition) is 1. The first-order chi connectivity index (χ1) is 27.5. The number of Topliss-reactive ketones (excluding diaryl/α,β-unsaturated/α-hetero) is 1. The number of nitrogens with zero attached hydrogens (tertiary/aromatic N) is 3. The number of carbonyl (C=O) groups is 3. The topological polar surface area (TPSA) is 154 Å². The highest BCUT2D eigenvalue weighted by molar-refractivity contribution is 7.90. The molecule has 12 nitrogen and oxygen atoms in total. The zero-order chi connectivity index (χ0) is 41.7. The maximum absolute atomic E-state index is 15.0. The number of thiazole rings is 1. The number of ether oxygens (including phenoxy) is 3. The van der Waals surface area contributed by atoms with Gasteiger partial charge in [-0.3, -0.25) is 19.1 Å². The van der Waals surface area contributed by atoms with Crippen LogP contribution in [0.15, 0.2) is 60.6 Å². The summed E-state index contributed by atoms with van der Waals surface area (Å²) in [5.41, 5.74) is -1.20. The van der Waals surface area contributed by atoms with E-state index < -0.39 is 67.6 Å². The molecule has 1 N–H and O–H groups in total. The molecule has 0 unspecified atom stereocenters. The summed E-state index contributed by atoms with van der Waals surface area (Å²) < 4.78 is 60.0. The van der Waals surface area contributed by atoms with E-state index in [2.05, 4.69) is 16.3 Å². The van der Waals surface area contributed by atoms with E-state index in [0.717, 1.165) is 0 Å². The number of fused-ring (bicyclic) bond motifs is 1. The molecule has 16 heteroatoms. The van der Waals surface area contributed by atoms with Crippen LogP contribution in [0, 0.1) is 28.5 Å². The first-order valence-corrected chi connectivity index (χ1v) is 21.9. The molecule has 4 aromatic rings. The van der Waals surface area contributed by atoms with Gasteiger partial charge in [-0.2, -0.15) is 0 Å². The Kier molecular flexibility index (Phi) is 11.4. The van der Waals surface area contributed by atoms with E-state index >= 15 is 4.39 Å². The van der Waals surface area contributed by atoms with Crippen molar-refractivity contribution in [3.8, 4) is 28.6 Å². The average molecular weight is 853 g/mol. The number of benzene rings is 2. The zero-order valence-electron chi connectivity index (χ0n) is 32.9. The van der Waals surface area contributed by atoms with Crippen molar-refractivity contribution in [2.75, 3.05) is 20.8 Å². The molecule has 2 aromatic carbocycles. The summed E-state index contributed by atoms with van der Waals surface area (Å²) in [7, 11) is -0.885. The second-order valence-corrected chi connectivity index (χ2v) is 19.8. The average Bonchev–Trinajstić information content (AvgIpc) is 4.07. The second kappa shape index (κ2) is 15.9. The van der Waals surface area contributed by atoms with Crippen molar-refractivity contribution in [1.82, 2.24) is 19.6 Å². The van der Waals surface area contributed by atoms with E-state index in [0.29, 0.717) is 56.4 Å². The minimum absolute atomic E-state index is 0.0257. The maximum atomic E-state index is 15.0. The fraction of sp³-hybridized carbons (Fsp3) is 0.452. The van der Waals surface area contributed by atoms with Gasteiger partial charge in [0.25, 0.3) is 0 Å². The van der Waals surface area contributed by atoms with E-state index in [1.165, 1.54) is 42.7 Å². The fourth-order valence-corrected chi connectivity index (χ4v) is 10.2. The summed E-state index contributed by atoms with van der Waals surface area (Å²) in [6.07, 6.45) is 3.61. The molecule has 1 saturated heterocycles. The number of methoxy groups -OCH3 is 2. The summed E-state index contributed by atoms with van der Waals surface area (Å²) in [6.45, 7) is 9.66. The van der Waals surface area contributed by atoms with Crippen molar-refractivity contribution < 1.29 is 41.4 Å². The second-order valence-electron chi connectivity index (χ2n) is 16.4. The lowest BCUT2D eigenvalue weighted by atomic mass is 9.77. The molecule has 2 aliphatic carbocycles. The predicted octanol–water partition coefficient (Wildman–Crippen LogP) is 7.18. The number of amides is 2. The molecule has 3 aliphatic rings. The van der Waals surface area contributed by atoms with Gasteiger partial charge in [-0.15, -0.1) is 17.9 Å². The highest BCUT2D eigenvalue weighted by atomic mass is 35.5. The van der Waals surface area contributed by atoms with Crippen molar-refractivity contribution in [2.24, 2.45) is 22.7 Å². The standard InChI is InChI=1S/C42H46ClFN4O8S2/c1-7-23-18-42(23,40(51)47-58(52,53)27-10-11-27)19-35(49)34-16-26(56-38-30-14-24(43)8-12-28(30)36(55-6)20-45-38)21-48(34)39(50)31(41(2,3)4)17-37-46-33(22-57-37)29-13-9-25(54-5)15-32(29)44/h7-9,12-15,20,22-23,26-27,31,34H,1,10-11,16-19,21H2,2-6H3,(H,47,51)/t23-,26-,31-,34+,42-/m1/s1. The van der Waals surface area contributed by atoms with Crippen LogP contribution in [0.25, 0.3) is 22.0 Å². The number of likely N-dealkylation sites (tertiary alicyclic amines) is 1. The Bertz CT molecular complexity index is 2400. The largest absolute Gasteiger partial charge is 0.497 e. The monoisotopic (exact) mass is 852 g/mol. The summed E-state index contributed by atoms with van der Waals surface area (Å²) in [6, 6.07) is 8.76. The molecule has 0 radical (unpaired) electrons. The third-order valence-corrected chi connectivity index (χ3v) is 14.4. The van der Waals surface area contributed by atoms with E-state index in [1.54, 1.807) is 41.8 Å². The molecule has 2 saturated carbocycles. The lowest BCUT2D eigenvalue weighted by Crippen LogP contribution is -2.48. The molecule has 2 aromatic heterocycles. The Labute approximate surface area is 346 Å². The number of pyridine rings is 1. The van der Waals surface area contributed by atoms with Crippen LogP contribution < -0.4 is 18.9 Å². The molecule has 3 fully saturated rings. The minimum atomic E-state index is -3.88. The number of allylic oxidation sites excluding steroid dienone is 1. The van der Waals surface area contributed by atoms with Crippen molar-refractivity contribution in [3.05, 3.63) is 76.5 Å². The van der Waals surface area contributed by atoms with Gasteiger partial charge in [0, 0.05) is 58.0 Å². The van der Waals surface area contributed by atoms with Crippen molar-refractivity contribution in [1.29, 1.82) is 0 Å².